The number of methoxy groups -OCH3 is 1. The van der Waals surface area contributed by atoms with Crippen molar-refractivity contribution in [3.05, 3.63) is 41.3 Å². The number of rotatable bonds is 3. The average molecular weight is 218 g/mol. The molecule has 16 heavy (non-hydrogen) atoms. The van der Waals surface area contributed by atoms with Gasteiger partial charge < -0.3 is 14.9 Å². The van der Waals surface area contributed by atoms with E-state index in [1.165, 1.54) is 0 Å². The van der Waals surface area contributed by atoms with E-state index in [0.717, 1.165) is 22.6 Å². The summed E-state index contributed by atoms with van der Waals surface area (Å²) in [6.07, 6.45) is 2.34. The van der Waals surface area contributed by atoms with Crippen LogP contribution in [-0.2, 0) is 6.42 Å². The summed E-state index contributed by atoms with van der Waals surface area (Å²) in [5.74, 6) is 1.66. The van der Waals surface area contributed by atoms with E-state index in [-0.39, 0.29) is 6.01 Å². The summed E-state index contributed by atoms with van der Waals surface area (Å²) in [7, 11) is 1.67. The quantitative estimate of drug-likeness (QED) is 0.857. The highest BCUT2D eigenvalue weighted by Crippen LogP contribution is 2.20. The second kappa shape index (κ2) is 4.26. The Bertz CT molecular complexity index is 492. The van der Waals surface area contributed by atoms with Crippen LogP contribution < -0.4 is 10.5 Å². The highest BCUT2D eigenvalue weighted by atomic mass is 16.5. The maximum absolute atomic E-state index is 5.41. The molecule has 1 aromatic carbocycles. The number of ether oxygens (including phenoxy) is 1. The van der Waals surface area contributed by atoms with E-state index in [4.69, 9.17) is 14.9 Å². The van der Waals surface area contributed by atoms with Crippen molar-refractivity contribution in [3.8, 4) is 5.75 Å². The van der Waals surface area contributed by atoms with Gasteiger partial charge in [0.2, 0.25) is 0 Å². The first kappa shape index (κ1) is 10.5. The maximum Gasteiger partial charge on any atom is 0.292 e. The Balaban J connectivity index is 2.19. The van der Waals surface area contributed by atoms with Crippen LogP contribution in [0.2, 0.25) is 0 Å². The second-order valence-corrected chi connectivity index (χ2v) is 3.65. The number of anilines is 1. The Morgan fingerprint density at radius 1 is 1.44 bits per heavy atom. The minimum absolute atomic E-state index is 0.209. The first-order chi connectivity index (χ1) is 7.69. The summed E-state index contributed by atoms with van der Waals surface area (Å²) in [6, 6.07) is 6.23. The molecule has 0 aliphatic heterocycles. The van der Waals surface area contributed by atoms with Crippen LogP contribution in [0.5, 0.6) is 5.75 Å². The largest absolute Gasteiger partial charge is 0.496 e. The lowest BCUT2D eigenvalue weighted by Crippen LogP contribution is -1.91. The lowest BCUT2D eigenvalue weighted by Gasteiger charge is -2.06. The lowest BCUT2D eigenvalue weighted by molar-refractivity contribution is 0.411. The number of oxazole rings is 1. The molecule has 1 heterocycles. The molecule has 4 heteroatoms. The van der Waals surface area contributed by atoms with Crippen molar-refractivity contribution < 1.29 is 9.15 Å². The zero-order valence-corrected chi connectivity index (χ0v) is 9.36. The molecule has 0 amide bonds. The first-order valence-electron chi connectivity index (χ1n) is 5.02. The molecular formula is C12H14N2O2. The molecular weight excluding hydrogens is 204 g/mol. The zero-order valence-electron chi connectivity index (χ0n) is 9.36. The molecule has 0 unspecified atom stereocenters. The summed E-state index contributed by atoms with van der Waals surface area (Å²) in [6.45, 7) is 2.01. The first-order valence-corrected chi connectivity index (χ1v) is 5.02. The molecule has 2 rings (SSSR count). The van der Waals surface area contributed by atoms with Gasteiger partial charge in [0.05, 0.1) is 13.3 Å². The number of nitrogens with zero attached hydrogens (tertiary/aromatic N) is 1. The smallest absolute Gasteiger partial charge is 0.292 e. The molecule has 0 aliphatic rings. The van der Waals surface area contributed by atoms with Gasteiger partial charge in [0, 0.05) is 6.42 Å². The number of aromatic nitrogens is 1. The Labute approximate surface area is 94.1 Å². The number of hydrogen-bond donors (Lipinski definition) is 1. The number of aryl methyl sites for hydroxylation is 1. The van der Waals surface area contributed by atoms with Crippen LogP contribution in [0.3, 0.4) is 0 Å². The van der Waals surface area contributed by atoms with Crippen molar-refractivity contribution in [3.63, 3.8) is 0 Å². The van der Waals surface area contributed by atoms with Crippen LogP contribution in [0, 0.1) is 6.92 Å². The predicted molar refractivity (Wildman–Crippen MR) is 61.5 cm³/mol. The number of nitrogens with two attached hydrogens (primary N) is 1. The number of hydrogen-bond acceptors (Lipinski definition) is 4. The van der Waals surface area contributed by atoms with Gasteiger partial charge in [0.15, 0.2) is 0 Å². The van der Waals surface area contributed by atoms with Crippen molar-refractivity contribution in [2.75, 3.05) is 12.8 Å². The topological polar surface area (TPSA) is 61.3 Å². The molecule has 0 fully saturated rings. The van der Waals surface area contributed by atoms with Crippen molar-refractivity contribution in [1.82, 2.24) is 4.98 Å². The van der Waals surface area contributed by atoms with Crippen molar-refractivity contribution >= 4 is 6.01 Å². The van der Waals surface area contributed by atoms with Crippen LogP contribution in [0.1, 0.15) is 16.9 Å². The standard InChI is InChI=1S/C12H14N2O2/c1-8-5-9(3-4-11(8)15-2)6-10-7-14-12(13)16-10/h3-5,7H,6H2,1-2H3,(H2,13,14). The minimum Gasteiger partial charge on any atom is -0.496 e. The molecule has 0 saturated heterocycles. The maximum atomic E-state index is 5.41. The molecule has 2 aromatic rings. The van der Waals surface area contributed by atoms with Gasteiger partial charge in [-0.3, -0.25) is 0 Å². The third kappa shape index (κ3) is 2.16. The second-order valence-electron chi connectivity index (χ2n) is 3.65. The van der Waals surface area contributed by atoms with Gasteiger partial charge in [-0.2, -0.15) is 0 Å². The SMILES string of the molecule is COc1ccc(Cc2cnc(N)o2)cc1C. The van der Waals surface area contributed by atoms with Crippen LogP contribution in [0.15, 0.2) is 28.8 Å². The molecule has 0 aliphatic carbocycles. The van der Waals surface area contributed by atoms with E-state index in [1.54, 1.807) is 13.3 Å². The number of nitrogen functional groups attached to an aromatic ring is 1. The van der Waals surface area contributed by atoms with Gasteiger partial charge in [-0.15, -0.1) is 0 Å². The van der Waals surface area contributed by atoms with Gasteiger partial charge in [-0.05, 0) is 24.1 Å². The minimum atomic E-state index is 0.209. The molecule has 2 N–H and O–H groups in total. The van der Waals surface area contributed by atoms with E-state index < -0.39 is 0 Å². The predicted octanol–water partition coefficient (Wildman–Crippen LogP) is 2.16. The molecule has 84 valence electrons. The molecule has 0 atom stereocenters. The van der Waals surface area contributed by atoms with Crippen LogP contribution in [0.25, 0.3) is 0 Å². The highest BCUT2D eigenvalue weighted by molar-refractivity contribution is 5.37. The summed E-state index contributed by atoms with van der Waals surface area (Å²) >= 11 is 0. The summed E-state index contributed by atoms with van der Waals surface area (Å²) in [5.41, 5.74) is 7.66. The fraction of sp³-hybridized carbons (Fsp3) is 0.250. The molecule has 0 saturated carbocycles. The molecule has 1 aromatic heterocycles. The third-order valence-corrected chi connectivity index (χ3v) is 2.41. The van der Waals surface area contributed by atoms with Crippen LogP contribution in [0.4, 0.5) is 6.01 Å². The summed E-state index contributed by atoms with van der Waals surface area (Å²) < 4.78 is 10.4. The molecule has 0 radical (unpaired) electrons. The number of benzene rings is 1. The average Bonchev–Trinajstić information content (AvgIpc) is 2.64. The van der Waals surface area contributed by atoms with Gasteiger partial charge in [0.25, 0.3) is 6.01 Å². The molecule has 0 bridgehead atoms. The van der Waals surface area contributed by atoms with Gasteiger partial charge in [-0.25, -0.2) is 4.98 Å². The summed E-state index contributed by atoms with van der Waals surface area (Å²) in [4.78, 5) is 3.86. The fourth-order valence-electron chi connectivity index (χ4n) is 1.66. The lowest BCUT2D eigenvalue weighted by atomic mass is 10.1. The molecule has 0 spiro atoms. The molecule has 4 nitrogen and oxygen atoms in total. The van der Waals surface area contributed by atoms with Crippen LogP contribution in [-0.4, -0.2) is 12.1 Å². The Morgan fingerprint density at radius 2 is 2.25 bits per heavy atom. The monoisotopic (exact) mass is 218 g/mol. The van der Waals surface area contributed by atoms with Gasteiger partial charge >= 0.3 is 0 Å². The van der Waals surface area contributed by atoms with E-state index >= 15 is 0 Å². The Hall–Kier alpha value is -1.97. The Morgan fingerprint density at radius 3 is 2.81 bits per heavy atom. The van der Waals surface area contributed by atoms with Crippen molar-refractivity contribution in [2.24, 2.45) is 0 Å². The normalized spacial score (nSPS) is 10.4. The Kier molecular flexibility index (Phi) is 2.81. The van der Waals surface area contributed by atoms with E-state index in [2.05, 4.69) is 11.1 Å². The van der Waals surface area contributed by atoms with E-state index in [0.29, 0.717) is 6.42 Å². The summed E-state index contributed by atoms with van der Waals surface area (Å²) in [5, 5.41) is 0. The van der Waals surface area contributed by atoms with Crippen molar-refractivity contribution in [1.29, 1.82) is 0 Å². The highest BCUT2D eigenvalue weighted by Gasteiger charge is 2.04. The van der Waals surface area contributed by atoms with Crippen LogP contribution >= 0.6 is 0 Å². The van der Waals surface area contributed by atoms with Gasteiger partial charge in [0.1, 0.15) is 11.5 Å². The zero-order chi connectivity index (χ0) is 11.5. The van der Waals surface area contributed by atoms with E-state index in [9.17, 15) is 0 Å². The van der Waals surface area contributed by atoms with Crippen molar-refractivity contribution in [2.45, 2.75) is 13.3 Å². The fourth-order valence-corrected chi connectivity index (χ4v) is 1.66. The van der Waals surface area contributed by atoms with E-state index in [1.807, 2.05) is 19.1 Å². The third-order valence-electron chi connectivity index (χ3n) is 2.41. The van der Waals surface area contributed by atoms with Gasteiger partial charge in [-0.1, -0.05) is 12.1 Å².